The quantitative estimate of drug-likeness (QED) is 0.937. The molecule has 1 heterocycles. The Morgan fingerprint density at radius 2 is 1.85 bits per heavy atom. The van der Waals surface area contributed by atoms with Gasteiger partial charge in [-0.25, -0.2) is 4.98 Å². The molecule has 108 valence electrons. The number of nitrogen functional groups attached to an aromatic ring is 1. The number of nitrogens with two attached hydrogens (primary N) is 1. The van der Waals surface area contributed by atoms with Gasteiger partial charge in [-0.1, -0.05) is 26.8 Å². The number of aromatic nitrogens is 1. The number of hydrogen-bond acceptors (Lipinski definition) is 5. The molecule has 0 fully saturated rings. The first kappa shape index (κ1) is 14.7. The zero-order valence-electron chi connectivity index (χ0n) is 12.5. The molecular formula is C15H20N2O2S. The first-order valence-corrected chi connectivity index (χ1v) is 7.18. The van der Waals surface area contributed by atoms with E-state index in [2.05, 4.69) is 20.8 Å². The molecule has 0 aliphatic rings. The summed E-state index contributed by atoms with van der Waals surface area (Å²) in [6.07, 6.45) is 0. The Morgan fingerprint density at radius 1 is 1.15 bits per heavy atom. The maximum Gasteiger partial charge on any atom is 0.170 e. The minimum Gasteiger partial charge on any atom is -0.493 e. The zero-order chi connectivity index (χ0) is 14.9. The van der Waals surface area contributed by atoms with E-state index in [0.717, 1.165) is 16.3 Å². The molecule has 0 unspecified atom stereocenters. The van der Waals surface area contributed by atoms with Crippen molar-refractivity contribution >= 4 is 16.3 Å². The van der Waals surface area contributed by atoms with E-state index in [1.54, 1.807) is 14.2 Å². The van der Waals surface area contributed by atoms with Gasteiger partial charge in [0.25, 0.3) is 0 Å². The van der Waals surface area contributed by atoms with Gasteiger partial charge in [-0.3, -0.25) is 0 Å². The van der Waals surface area contributed by atoms with Gasteiger partial charge in [0.15, 0.2) is 11.5 Å². The minimum atomic E-state index is -0.0247. The molecule has 20 heavy (non-hydrogen) atoms. The molecule has 2 rings (SSSR count). The molecule has 0 radical (unpaired) electrons. The van der Waals surface area contributed by atoms with Crippen LogP contribution in [0.2, 0.25) is 0 Å². The third-order valence-electron chi connectivity index (χ3n) is 2.95. The van der Waals surface area contributed by atoms with E-state index < -0.39 is 0 Å². The summed E-state index contributed by atoms with van der Waals surface area (Å²) < 4.78 is 10.8. The molecule has 0 spiro atoms. The van der Waals surface area contributed by atoms with E-state index in [0.29, 0.717) is 16.5 Å². The van der Waals surface area contributed by atoms with Gasteiger partial charge in [0.05, 0.1) is 14.2 Å². The summed E-state index contributed by atoms with van der Waals surface area (Å²) in [6.45, 7) is 6.37. The number of rotatable bonds is 3. The molecule has 0 bridgehead atoms. The molecule has 5 heteroatoms. The van der Waals surface area contributed by atoms with Crippen LogP contribution in [0.5, 0.6) is 11.5 Å². The fraction of sp³-hybridized carbons (Fsp3) is 0.400. The Balaban J connectivity index is 2.60. The van der Waals surface area contributed by atoms with E-state index in [-0.39, 0.29) is 5.41 Å². The lowest BCUT2D eigenvalue weighted by atomic mass is 9.98. The van der Waals surface area contributed by atoms with Crippen LogP contribution in [0.4, 0.5) is 5.00 Å². The molecule has 0 aliphatic carbocycles. The van der Waals surface area contributed by atoms with Crippen LogP contribution in [0, 0.1) is 0 Å². The average Bonchev–Trinajstić information content (AvgIpc) is 2.79. The Morgan fingerprint density at radius 3 is 2.35 bits per heavy atom. The molecule has 0 amide bonds. The lowest BCUT2D eigenvalue weighted by Crippen LogP contribution is -2.10. The van der Waals surface area contributed by atoms with Crippen molar-refractivity contribution in [2.75, 3.05) is 20.0 Å². The number of hydrogen-bond donors (Lipinski definition) is 1. The van der Waals surface area contributed by atoms with E-state index >= 15 is 0 Å². The molecule has 0 atom stereocenters. The maximum absolute atomic E-state index is 6.14. The van der Waals surface area contributed by atoms with Gasteiger partial charge < -0.3 is 15.2 Å². The molecule has 0 aliphatic heterocycles. The first-order chi connectivity index (χ1) is 9.38. The summed E-state index contributed by atoms with van der Waals surface area (Å²) in [5.41, 5.74) is 7.74. The topological polar surface area (TPSA) is 57.4 Å². The second-order valence-corrected chi connectivity index (χ2v) is 6.55. The predicted octanol–water partition coefficient (Wildman–Crippen LogP) is 3.71. The Labute approximate surface area is 123 Å². The van der Waals surface area contributed by atoms with Crippen LogP contribution < -0.4 is 15.2 Å². The van der Waals surface area contributed by atoms with Crippen molar-refractivity contribution in [3.05, 3.63) is 23.2 Å². The van der Waals surface area contributed by atoms with Crippen molar-refractivity contribution in [1.82, 2.24) is 4.98 Å². The van der Waals surface area contributed by atoms with Gasteiger partial charge >= 0.3 is 0 Å². The van der Waals surface area contributed by atoms with Crippen LogP contribution in [-0.4, -0.2) is 19.2 Å². The van der Waals surface area contributed by atoms with Gasteiger partial charge in [0, 0.05) is 11.0 Å². The molecule has 0 saturated heterocycles. The molecule has 1 aromatic carbocycles. The highest BCUT2D eigenvalue weighted by atomic mass is 32.1. The van der Waals surface area contributed by atoms with Gasteiger partial charge in [0.1, 0.15) is 15.7 Å². The second-order valence-electron chi connectivity index (χ2n) is 5.52. The van der Waals surface area contributed by atoms with Crippen molar-refractivity contribution in [3.8, 4) is 22.8 Å². The lowest BCUT2D eigenvalue weighted by Gasteiger charge is -2.14. The number of anilines is 1. The fourth-order valence-electron chi connectivity index (χ4n) is 1.92. The average molecular weight is 292 g/mol. The highest BCUT2D eigenvalue weighted by Crippen LogP contribution is 2.43. The molecule has 4 nitrogen and oxygen atoms in total. The molecule has 1 aromatic heterocycles. The fourth-order valence-corrected chi connectivity index (χ4v) is 2.82. The summed E-state index contributed by atoms with van der Waals surface area (Å²) >= 11 is 1.52. The van der Waals surface area contributed by atoms with Gasteiger partial charge in [0.2, 0.25) is 0 Å². The van der Waals surface area contributed by atoms with Crippen LogP contribution in [-0.2, 0) is 5.41 Å². The van der Waals surface area contributed by atoms with Crippen molar-refractivity contribution < 1.29 is 9.47 Å². The Bertz CT molecular complexity index is 615. The van der Waals surface area contributed by atoms with E-state index in [1.807, 2.05) is 18.2 Å². The van der Waals surface area contributed by atoms with E-state index in [1.165, 1.54) is 11.3 Å². The van der Waals surface area contributed by atoms with Crippen molar-refractivity contribution in [1.29, 1.82) is 0 Å². The molecular weight excluding hydrogens is 272 g/mol. The highest BCUT2D eigenvalue weighted by molar-refractivity contribution is 7.16. The first-order valence-electron chi connectivity index (χ1n) is 6.36. The van der Waals surface area contributed by atoms with Gasteiger partial charge in [-0.05, 0) is 12.1 Å². The number of nitrogens with zero attached hydrogens (tertiary/aromatic N) is 1. The lowest BCUT2D eigenvalue weighted by molar-refractivity contribution is 0.356. The monoisotopic (exact) mass is 292 g/mol. The molecule has 2 aromatic rings. The van der Waals surface area contributed by atoms with Crippen LogP contribution >= 0.6 is 11.3 Å². The summed E-state index contributed by atoms with van der Waals surface area (Å²) in [4.78, 5) is 4.69. The zero-order valence-corrected chi connectivity index (χ0v) is 13.3. The molecule has 0 saturated carbocycles. The predicted molar refractivity (Wildman–Crippen MR) is 83.8 cm³/mol. The number of benzene rings is 1. The SMILES string of the molecule is COc1cccc(-c2nc(C(C)(C)C)sc2N)c1OC. The summed E-state index contributed by atoms with van der Waals surface area (Å²) in [5, 5.41) is 1.70. The van der Waals surface area contributed by atoms with Gasteiger partial charge in [-0.2, -0.15) is 0 Å². The van der Waals surface area contributed by atoms with Crippen LogP contribution in [0.3, 0.4) is 0 Å². The number of methoxy groups -OCH3 is 2. The smallest absolute Gasteiger partial charge is 0.170 e. The summed E-state index contributed by atoms with van der Waals surface area (Å²) in [7, 11) is 3.24. The second kappa shape index (κ2) is 5.32. The molecule has 2 N–H and O–H groups in total. The van der Waals surface area contributed by atoms with E-state index in [9.17, 15) is 0 Å². The number of para-hydroxylation sites is 1. The van der Waals surface area contributed by atoms with Crippen molar-refractivity contribution in [2.24, 2.45) is 0 Å². The van der Waals surface area contributed by atoms with Crippen molar-refractivity contribution in [2.45, 2.75) is 26.2 Å². The summed E-state index contributed by atoms with van der Waals surface area (Å²) in [5.74, 6) is 1.34. The Kier molecular flexibility index (Phi) is 3.90. The third-order valence-corrected chi connectivity index (χ3v) is 4.26. The van der Waals surface area contributed by atoms with Crippen LogP contribution in [0.1, 0.15) is 25.8 Å². The van der Waals surface area contributed by atoms with Crippen LogP contribution in [0.25, 0.3) is 11.3 Å². The van der Waals surface area contributed by atoms with Crippen LogP contribution in [0.15, 0.2) is 18.2 Å². The number of thiazole rings is 1. The third kappa shape index (κ3) is 2.58. The minimum absolute atomic E-state index is 0.0247. The summed E-state index contributed by atoms with van der Waals surface area (Å²) in [6, 6.07) is 5.71. The highest BCUT2D eigenvalue weighted by Gasteiger charge is 2.23. The standard InChI is InChI=1S/C15H20N2O2S/c1-15(2,3)14-17-11(13(16)20-14)9-7-6-8-10(18-4)12(9)19-5/h6-8H,16H2,1-5H3. The number of ether oxygens (including phenoxy) is 2. The van der Waals surface area contributed by atoms with Crippen molar-refractivity contribution in [3.63, 3.8) is 0 Å². The normalized spacial score (nSPS) is 11.4. The largest absolute Gasteiger partial charge is 0.493 e. The Hall–Kier alpha value is -1.75. The van der Waals surface area contributed by atoms with E-state index in [4.69, 9.17) is 20.2 Å². The maximum atomic E-state index is 6.14. The van der Waals surface area contributed by atoms with Gasteiger partial charge in [-0.15, -0.1) is 11.3 Å².